The predicted molar refractivity (Wildman–Crippen MR) is 111 cm³/mol. The zero-order chi connectivity index (χ0) is 21.9. The van der Waals surface area contributed by atoms with Gasteiger partial charge in [-0.25, -0.2) is 0 Å². The third-order valence-corrected chi connectivity index (χ3v) is 4.31. The molecule has 0 bridgehead atoms. The summed E-state index contributed by atoms with van der Waals surface area (Å²) < 4.78 is 45.3. The van der Waals surface area contributed by atoms with Gasteiger partial charge in [-0.2, -0.15) is 8.78 Å². The highest BCUT2D eigenvalue weighted by molar-refractivity contribution is 5.79. The molecule has 7 nitrogen and oxygen atoms in total. The Labute approximate surface area is 175 Å². The fourth-order valence-electron chi connectivity index (χ4n) is 2.79. The van der Waals surface area contributed by atoms with E-state index in [0.29, 0.717) is 37.0 Å². The number of benzene rings is 2. The quantitative estimate of drug-likeness (QED) is 0.452. The van der Waals surface area contributed by atoms with Gasteiger partial charge >= 0.3 is 6.61 Å². The van der Waals surface area contributed by atoms with E-state index in [0.717, 1.165) is 11.1 Å². The number of hydrogen-bond acceptors (Lipinski definition) is 5. The molecule has 2 aromatic carbocycles. The molecule has 2 N–H and O–H groups in total. The minimum Gasteiger partial charge on any atom is -0.497 e. The second-order valence-corrected chi connectivity index (χ2v) is 6.14. The van der Waals surface area contributed by atoms with Gasteiger partial charge in [0.15, 0.2) is 17.5 Å². The van der Waals surface area contributed by atoms with Crippen LogP contribution in [0.1, 0.15) is 11.1 Å². The van der Waals surface area contributed by atoms with E-state index in [1.54, 1.807) is 39.5 Å². The van der Waals surface area contributed by atoms with Crippen molar-refractivity contribution in [3.63, 3.8) is 0 Å². The largest absolute Gasteiger partial charge is 0.497 e. The lowest BCUT2D eigenvalue weighted by Gasteiger charge is -2.15. The van der Waals surface area contributed by atoms with Crippen LogP contribution in [-0.4, -0.2) is 47.5 Å². The van der Waals surface area contributed by atoms with Crippen LogP contribution in [0.2, 0.25) is 0 Å². The second kappa shape index (κ2) is 11.7. The van der Waals surface area contributed by atoms with E-state index in [1.165, 1.54) is 7.11 Å². The van der Waals surface area contributed by atoms with Crippen LogP contribution in [0.5, 0.6) is 23.0 Å². The first kappa shape index (κ1) is 23.1. The van der Waals surface area contributed by atoms with E-state index in [9.17, 15) is 8.78 Å². The summed E-state index contributed by atoms with van der Waals surface area (Å²) in [5.74, 6) is 2.30. The van der Waals surface area contributed by atoms with Gasteiger partial charge in [-0.3, -0.25) is 4.99 Å². The summed E-state index contributed by atoms with van der Waals surface area (Å²) in [4.78, 5) is 4.19. The van der Waals surface area contributed by atoms with Gasteiger partial charge in [-0.15, -0.1) is 0 Å². The first-order valence-corrected chi connectivity index (χ1v) is 9.27. The second-order valence-electron chi connectivity index (χ2n) is 6.14. The van der Waals surface area contributed by atoms with E-state index in [4.69, 9.17) is 14.2 Å². The van der Waals surface area contributed by atoms with Crippen LogP contribution >= 0.6 is 0 Å². The number of nitrogens with zero attached hydrogens (tertiary/aromatic N) is 1. The Balaban J connectivity index is 1.91. The summed E-state index contributed by atoms with van der Waals surface area (Å²) >= 11 is 0. The van der Waals surface area contributed by atoms with Crippen molar-refractivity contribution in [1.82, 2.24) is 10.6 Å². The third kappa shape index (κ3) is 6.68. The molecule has 0 atom stereocenters. The van der Waals surface area contributed by atoms with Crippen LogP contribution in [-0.2, 0) is 13.0 Å². The summed E-state index contributed by atoms with van der Waals surface area (Å²) in [5.41, 5.74) is 1.77. The summed E-state index contributed by atoms with van der Waals surface area (Å²) in [5, 5.41) is 6.40. The topological polar surface area (TPSA) is 73.3 Å². The van der Waals surface area contributed by atoms with Gasteiger partial charge in [0.05, 0.1) is 21.3 Å². The van der Waals surface area contributed by atoms with E-state index >= 15 is 0 Å². The molecular formula is C21H27F2N3O4. The van der Waals surface area contributed by atoms with Crippen molar-refractivity contribution >= 4 is 5.96 Å². The summed E-state index contributed by atoms with van der Waals surface area (Å²) in [7, 11) is 6.28. The number of rotatable bonds is 10. The summed E-state index contributed by atoms with van der Waals surface area (Å²) in [6, 6.07) is 10.5. The van der Waals surface area contributed by atoms with Gasteiger partial charge in [0.2, 0.25) is 0 Å². The third-order valence-electron chi connectivity index (χ3n) is 4.31. The van der Waals surface area contributed by atoms with Gasteiger partial charge in [0.25, 0.3) is 0 Å². The van der Waals surface area contributed by atoms with Gasteiger partial charge in [0, 0.05) is 31.8 Å². The Bertz CT molecular complexity index is 847. The maximum Gasteiger partial charge on any atom is 0.387 e. The minimum absolute atomic E-state index is 0.0131. The number of hydrogen-bond donors (Lipinski definition) is 2. The van der Waals surface area contributed by atoms with Crippen LogP contribution < -0.4 is 29.6 Å². The molecule has 0 saturated carbocycles. The van der Waals surface area contributed by atoms with E-state index in [1.807, 2.05) is 18.2 Å². The molecule has 2 aromatic rings. The monoisotopic (exact) mass is 423 g/mol. The number of ether oxygens (including phenoxy) is 4. The summed E-state index contributed by atoms with van der Waals surface area (Å²) in [6.07, 6.45) is 0.580. The maximum absolute atomic E-state index is 12.6. The lowest BCUT2D eigenvalue weighted by Crippen LogP contribution is -2.37. The van der Waals surface area contributed by atoms with Crippen molar-refractivity contribution in [3.8, 4) is 23.0 Å². The standard InChI is InChI=1S/C21H27F2N3O4/c1-24-21(26-13-15-6-7-16(27-2)12-18(15)29-4)25-10-9-14-5-8-17(28-3)19(11-14)30-20(22)23/h5-8,11-12,20H,9-10,13H2,1-4H3,(H2,24,25,26). The molecule has 0 aromatic heterocycles. The molecule has 0 radical (unpaired) electrons. The highest BCUT2D eigenvalue weighted by atomic mass is 19.3. The average molecular weight is 423 g/mol. The van der Waals surface area contributed by atoms with Gasteiger partial charge in [0.1, 0.15) is 11.5 Å². The molecule has 164 valence electrons. The van der Waals surface area contributed by atoms with Crippen LogP contribution in [0, 0.1) is 0 Å². The Morgan fingerprint density at radius 1 is 0.933 bits per heavy atom. The number of nitrogens with one attached hydrogen (secondary N) is 2. The van der Waals surface area contributed by atoms with E-state index in [-0.39, 0.29) is 11.5 Å². The molecule has 0 saturated heterocycles. The van der Waals surface area contributed by atoms with Crippen molar-refractivity contribution in [1.29, 1.82) is 0 Å². The van der Waals surface area contributed by atoms with Crippen LogP contribution in [0.3, 0.4) is 0 Å². The zero-order valence-corrected chi connectivity index (χ0v) is 17.5. The lowest BCUT2D eigenvalue weighted by atomic mass is 10.1. The molecule has 0 heterocycles. The fourth-order valence-corrected chi connectivity index (χ4v) is 2.79. The lowest BCUT2D eigenvalue weighted by molar-refractivity contribution is -0.0512. The molecule has 0 aliphatic rings. The molecule has 0 amide bonds. The first-order valence-electron chi connectivity index (χ1n) is 9.27. The van der Waals surface area contributed by atoms with Crippen molar-refractivity contribution in [3.05, 3.63) is 47.5 Å². The predicted octanol–water partition coefficient (Wildman–Crippen LogP) is 3.22. The molecule has 0 fully saturated rings. The Morgan fingerprint density at radius 2 is 1.70 bits per heavy atom. The molecule has 0 unspecified atom stereocenters. The van der Waals surface area contributed by atoms with E-state index in [2.05, 4.69) is 20.4 Å². The van der Waals surface area contributed by atoms with Gasteiger partial charge < -0.3 is 29.6 Å². The minimum atomic E-state index is -2.91. The van der Waals surface area contributed by atoms with Gasteiger partial charge in [-0.05, 0) is 36.2 Å². The number of aliphatic imine (C=N–C) groups is 1. The van der Waals surface area contributed by atoms with Crippen molar-refractivity contribution < 1.29 is 27.7 Å². The normalized spacial score (nSPS) is 11.2. The maximum atomic E-state index is 12.6. The Hall–Kier alpha value is -3.23. The van der Waals surface area contributed by atoms with Gasteiger partial charge in [-0.1, -0.05) is 6.07 Å². The smallest absolute Gasteiger partial charge is 0.387 e. The molecule has 2 rings (SSSR count). The molecule has 9 heteroatoms. The molecule has 0 aliphatic carbocycles. The van der Waals surface area contributed by atoms with Crippen molar-refractivity contribution in [2.24, 2.45) is 4.99 Å². The number of alkyl halides is 2. The first-order chi connectivity index (χ1) is 14.5. The highest BCUT2D eigenvalue weighted by Gasteiger charge is 2.11. The fraction of sp³-hybridized carbons (Fsp3) is 0.381. The Kier molecular flexibility index (Phi) is 8.99. The van der Waals surface area contributed by atoms with E-state index < -0.39 is 6.61 Å². The van der Waals surface area contributed by atoms with Crippen LogP contribution in [0.15, 0.2) is 41.4 Å². The van der Waals surface area contributed by atoms with Crippen molar-refractivity contribution in [2.75, 3.05) is 34.9 Å². The molecular weight excluding hydrogens is 396 g/mol. The Morgan fingerprint density at radius 3 is 2.33 bits per heavy atom. The van der Waals surface area contributed by atoms with Crippen LogP contribution in [0.4, 0.5) is 8.78 Å². The summed E-state index contributed by atoms with van der Waals surface area (Å²) in [6.45, 7) is -1.87. The zero-order valence-electron chi connectivity index (χ0n) is 17.5. The van der Waals surface area contributed by atoms with Crippen LogP contribution in [0.25, 0.3) is 0 Å². The number of halogens is 2. The molecule has 0 aliphatic heterocycles. The molecule has 0 spiro atoms. The van der Waals surface area contributed by atoms with Crippen molar-refractivity contribution in [2.45, 2.75) is 19.6 Å². The number of methoxy groups -OCH3 is 3. The SMILES string of the molecule is CN=C(NCCc1ccc(OC)c(OC(F)F)c1)NCc1ccc(OC)cc1OC. The average Bonchev–Trinajstić information content (AvgIpc) is 2.75. The number of guanidine groups is 1. The highest BCUT2D eigenvalue weighted by Crippen LogP contribution is 2.29. The molecule has 30 heavy (non-hydrogen) atoms.